The van der Waals surface area contributed by atoms with Gasteiger partial charge in [0.1, 0.15) is 12.4 Å². The summed E-state index contributed by atoms with van der Waals surface area (Å²) in [6, 6.07) is 5.08. The minimum Gasteiger partial charge on any atom is -0.490 e. The maximum atomic E-state index is 13.0. The van der Waals surface area contributed by atoms with Gasteiger partial charge in [-0.25, -0.2) is 0 Å². The lowest BCUT2D eigenvalue weighted by molar-refractivity contribution is 0.103. The average Bonchev–Trinajstić information content (AvgIpc) is 3.31. The van der Waals surface area contributed by atoms with Gasteiger partial charge in [0.05, 0.1) is 34.1 Å². The van der Waals surface area contributed by atoms with E-state index >= 15 is 0 Å². The zero-order chi connectivity index (χ0) is 17.1. The Morgan fingerprint density at radius 2 is 2.12 bits per heavy atom. The minimum atomic E-state index is -1.38. The van der Waals surface area contributed by atoms with Crippen LogP contribution in [0.4, 0.5) is 0 Å². The summed E-state index contributed by atoms with van der Waals surface area (Å²) < 4.78 is 28.1. The van der Waals surface area contributed by atoms with Gasteiger partial charge in [0.2, 0.25) is 0 Å². The van der Waals surface area contributed by atoms with E-state index < -0.39 is 10.8 Å². The van der Waals surface area contributed by atoms with E-state index in [1.165, 1.54) is 12.5 Å². The number of benzene rings is 1. The lowest BCUT2D eigenvalue weighted by Gasteiger charge is -2.13. The number of ether oxygens (including phenoxy) is 2. The maximum absolute atomic E-state index is 13.0. The summed E-state index contributed by atoms with van der Waals surface area (Å²) in [5.41, 5.74) is 0.800. The third-order valence-corrected chi connectivity index (χ3v) is 4.84. The molecule has 2 aromatic rings. The van der Waals surface area contributed by atoms with Crippen LogP contribution >= 0.6 is 0 Å². The molecule has 0 bridgehead atoms. The van der Waals surface area contributed by atoms with Crippen LogP contribution in [-0.4, -0.2) is 41.7 Å². The van der Waals surface area contributed by atoms with Crippen molar-refractivity contribution in [3.8, 4) is 5.75 Å². The second-order valence-electron chi connectivity index (χ2n) is 5.64. The highest BCUT2D eigenvalue weighted by Gasteiger charge is 2.33. The molecule has 7 heteroatoms. The van der Waals surface area contributed by atoms with E-state index in [4.69, 9.17) is 14.0 Å². The summed E-state index contributed by atoms with van der Waals surface area (Å²) in [4.78, 5) is 13.3. The largest absolute Gasteiger partial charge is 0.490 e. The molecular weight excluding hydrogens is 330 g/mol. The second kappa shape index (κ2) is 7.27. The highest BCUT2D eigenvalue weighted by molar-refractivity contribution is 7.84. The van der Waals surface area contributed by atoms with Crippen molar-refractivity contribution < 1.29 is 23.0 Å². The van der Waals surface area contributed by atoms with Gasteiger partial charge in [-0.3, -0.25) is 9.00 Å². The molecule has 1 aliphatic rings. The molecule has 0 spiro atoms. The molecule has 0 amide bonds. The van der Waals surface area contributed by atoms with Crippen LogP contribution in [0, 0.1) is 0 Å². The number of aromatic nitrogens is 1. The van der Waals surface area contributed by atoms with Gasteiger partial charge in [-0.2, -0.15) is 0 Å². The third-order valence-electron chi connectivity index (χ3n) is 3.85. The number of hydrogen-bond donors (Lipinski definition) is 0. The molecule has 0 saturated heterocycles. The Bertz CT molecular complexity index is 766. The molecule has 6 nitrogen and oxygen atoms in total. The maximum Gasteiger partial charge on any atom is 0.199 e. The molecule has 1 unspecified atom stereocenters. The Labute approximate surface area is 142 Å². The molecule has 1 saturated carbocycles. The Hall–Kier alpha value is -1.99. The number of methoxy groups -OCH3 is 1. The van der Waals surface area contributed by atoms with Crippen LogP contribution in [0.3, 0.4) is 0 Å². The van der Waals surface area contributed by atoms with Crippen LogP contribution in [0.1, 0.15) is 40.4 Å². The van der Waals surface area contributed by atoms with Crippen LogP contribution < -0.4 is 4.74 Å². The van der Waals surface area contributed by atoms with Gasteiger partial charge in [-0.1, -0.05) is 11.2 Å². The molecule has 1 heterocycles. The van der Waals surface area contributed by atoms with E-state index in [1.807, 2.05) is 0 Å². The number of carbonyl (C=O) groups excluding carboxylic acids is 1. The third kappa shape index (κ3) is 3.42. The molecule has 1 fully saturated rings. The number of carbonyl (C=O) groups is 1. The summed E-state index contributed by atoms with van der Waals surface area (Å²) in [6.45, 7) is 0.727. The lowest BCUT2D eigenvalue weighted by atomic mass is 10.0. The molecule has 1 atom stereocenters. The molecule has 3 rings (SSSR count). The monoisotopic (exact) mass is 349 g/mol. The van der Waals surface area contributed by atoms with Gasteiger partial charge in [0.25, 0.3) is 0 Å². The van der Waals surface area contributed by atoms with Gasteiger partial charge in [0, 0.05) is 24.8 Å². The Morgan fingerprint density at radius 1 is 1.33 bits per heavy atom. The van der Waals surface area contributed by atoms with Crippen LogP contribution in [0.5, 0.6) is 5.75 Å². The molecular formula is C17H19NO5S. The zero-order valence-electron chi connectivity index (χ0n) is 13.6. The first-order valence-electron chi connectivity index (χ1n) is 7.71. The summed E-state index contributed by atoms with van der Waals surface area (Å²) in [5.74, 6) is 1.09. The highest BCUT2D eigenvalue weighted by atomic mass is 32.2. The van der Waals surface area contributed by atoms with Crippen LogP contribution in [0.25, 0.3) is 0 Å². The highest BCUT2D eigenvalue weighted by Crippen LogP contribution is 2.42. The molecule has 128 valence electrons. The molecule has 0 N–H and O–H groups in total. The summed E-state index contributed by atoms with van der Waals surface area (Å²) in [5, 5.41) is 3.77. The zero-order valence-corrected chi connectivity index (χ0v) is 14.4. The molecule has 1 aliphatic carbocycles. The second-order valence-corrected chi connectivity index (χ2v) is 6.95. The van der Waals surface area contributed by atoms with E-state index in [0.717, 1.165) is 12.8 Å². The first-order valence-corrected chi connectivity index (χ1v) is 9.26. The van der Waals surface area contributed by atoms with Crippen molar-refractivity contribution in [3.05, 3.63) is 41.3 Å². The first-order chi connectivity index (χ1) is 11.6. The topological polar surface area (TPSA) is 78.6 Å². The molecule has 0 aliphatic heterocycles. The fraction of sp³-hybridized carbons (Fsp3) is 0.412. The van der Waals surface area contributed by atoms with Crippen LogP contribution in [0.2, 0.25) is 0 Å². The van der Waals surface area contributed by atoms with Gasteiger partial charge < -0.3 is 14.0 Å². The minimum absolute atomic E-state index is 0.236. The van der Waals surface area contributed by atoms with E-state index in [0.29, 0.717) is 40.7 Å². The van der Waals surface area contributed by atoms with Crippen LogP contribution in [-0.2, 0) is 15.5 Å². The fourth-order valence-corrected chi connectivity index (χ4v) is 3.42. The Balaban J connectivity index is 1.97. The summed E-state index contributed by atoms with van der Waals surface area (Å²) >= 11 is 0. The fourth-order valence-electron chi connectivity index (χ4n) is 2.54. The number of ketones is 1. The lowest BCUT2D eigenvalue weighted by Crippen LogP contribution is -2.11. The van der Waals surface area contributed by atoms with Gasteiger partial charge in [-0.05, 0) is 25.0 Å². The van der Waals surface area contributed by atoms with E-state index in [9.17, 15) is 9.00 Å². The quantitative estimate of drug-likeness (QED) is 0.538. The summed E-state index contributed by atoms with van der Waals surface area (Å²) in [6.07, 6.45) is 4.98. The Morgan fingerprint density at radius 3 is 2.79 bits per heavy atom. The molecule has 1 aromatic heterocycles. The normalized spacial score (nSPS) is 15.2. The van der Waals surface area contributed by atoms with Crippen molar-refractivity contribution >= 4 is 16.6 Å². The summed E-state index contributed by atoms with van der Waals surface area (Å²) in [7, 11) is 0.198. The number of nitrogens with zero attached hydrogens (tertiary/aromatic N) is 1. The standard InChI is InChI=1S/C17H19NO5S/c1-21-8-9-22-14-5-3-4-12(17(14)24(2)20)15(19)13-10-18-23-16(13)11-6-7-11/h3-5,10-11H,6-9H2,1-2H3. The van der Waals surface area contributed by atoms with Crippen molar-refractivity contribution in [2.45, 2.75) is 23.7 Å². The van der Waals surface area contributed by atoms with E-state index in [-0.39, 0.29) is 11.7 Å². The predicted octanol–water partition coefficient (Wildman–Crippen LogP) is 2.55. The molecule has 24 heavy (non-hydrogen) atoms. The van der Waals surface area contributed by atoms with Crippen molar-refractivity contribution in [1.82, 2.24) is 5.16 Å². The predicted molar refractivity (Wildman–Crippen MR) is 88.1 cm³/mol. The number of rotatable bonds is 8. The van der Waals surface area contributed by atoms with E-state index in [1.54, 1.807) is 25.3 Å². The van der Waals surface area contributed by atoms with Crippen LogP contribution in [0.15, 0.2) is 33.8 Å². The van der Waals surface area contributed by atoms with Gasteiger partial charge in [-0.15, -0.1) is 0 Å². The first kappa shape index (κ1) is 16.9. The molecule has 0 radical (unpaired) electrons. The number of hydrogen-bond acceptors (Lipinski definition) is 6. The smallest absolute Gasteiger partial charge is 0.199 e. The Kier molecular flexibility index (Phi) is 5.11. The van der Waals surface area contributed by atoms with E-state index in [2.05, 4.69) is 5.16 Å². The van der Waals surface area contributed by atoms with Crippen molar-refractivity contribution in [2.75, 3.05) is 26.6 Å². The van der Waals surface area contributed by atoms with Crippen molar-refractivity contribution in [1.29, 1.82) is 0 Å². The molecule has 1 aromatic carbocycles. The van der Waals surface area contributed by atoms with Crippen molar-refractivity contribution in [3.63, 3.8) is 0 Å². The van der Waals surface area contributed by atoms with Gasteiger partial charge in [0.15, 0.2) is 11.5 Å². The average molecular weight is 349 g/mol. The van der Waals surface area contributed by atoms with Gasteiger partial charge >= 0.3 is 0 Å². The SMILES string of the molecule is COCCOc1cccc(C(=O)c2cnoc2C2CC2)c1S(C)=O. The van der Waals surface area contributed by atoms with Crippen molar-refractivity contribution in [2.24, 2.45) is 0 Å².